The first-order valence-corrected chi connectivity index (χ1v) is 6.47. The van der Waals surface area contributed by atoms with Crippen LogP contribution < -0.4 is 10.1 Å². The van der Waals surface area contributed by atoms with Crippen molar-refractivity contribution in [2.24, 2.45) is 11.8 Å². The first-order chi connectivity index (χ1) is 8.10. The Morgan fingerprint density at radius 1 is 1.24 bits per heavy atom. The molecule has 96 valence electrons. The Kier molecular flexibility index (Phi) is 5.49. The molecule has 2 unspecified atom stereocenters. The molecule has 0 spiro atoms. The quantitative estimate of drug-likeness (QED) is 0.813. The highest BCUT2D eigenvalue weighted by Crippen LogP contribution is 2.29. The zero-order valence-electron chi connectivity index (χ0n) is 11.7. The third-order valence-electron chi connectivity index (χ3n) is 3.45. The summed E-state index contributed by atoms with van der Waals surface area (Å²) in [5.74, 6) is 2.19. The first kappa shape index (κ1) is 14.0. The maximum atomic E-state index is 5.30. The molecule has 0 saturated heterocycles. The second-order valence-electron chi connectivity index (χ2n) is 4.92. The molecular formula is C15H25NO. The van der Waals surface area contributed by atoms with Crippen LogP contribution in [0.25, 0.3) is 0 Å². The van der Waals surface area contributed by atoms with Crippen LogP contribution in [0.2, 0.25) is 0 Å². The van der Waals surface area contributed by atoms with Crippen LogP contribution in [0.4, 0.5) is 0 Å². The number of nitrogens with one attached hydrogen (secondary N) is 1. The molecule has 0 radical (unpaired) electrons. The lowest BCUT2D eigenvalue weighted by Gasteiger charge is -2.28. The van der Waals surface area contributed by atoms with Gasteiger partial charge in [0.15, 0.2) is 0 Å². The molecular weight excluding hydrogens is 210 g/mol. The van der Waals surface area contributed by atoms with Gasteiger partial charge in [-0.15, -0.1) is 0 Å². The molecule has 2 atom stereocenters. The molecule has 2 heteroatoms. The van der Waals surface area contributed by atoms with Crippen LogP contribution in [0.1, 0.15) is 39.3 Å². The molecule has 1 aromatic rings. The molecule has 1 aromatic carbocycles. The maximum absolute atomic E-state index is 5.30. The van der Waals surface area contributed by atoms with Crippen molar-refractivity contribution in [3.8, 4) is 5.75 Å². The van der Waals surface area contributed by atoms with E-state index in [-0.39, 0.29) is 0 Å². The Morgan fingerprint density at radius 2 is 1.94 bits per heavy atom. The molecule has 0 aromatic heterocycles. The number of rotatable bonds is 6. The average Bonchev–Trinajstić information content (AvgIpc) is 2.35. The Labute approximate surface area is 105 Å². The standard InChI is InChI=1S/C15H25NO/c1-6-16-15(12(4)11(2)3)13-8-7-9-14(10-13)17-5/h7-12,15-16H,6H2,1-5H3. The Bertz CT molecular complexity index is 335. The van der Waals surface area contributed by atoms with Crippen LogP contribution in [-0.4, -0.2) is 13.7 Å². The molecule has 0 bridgehead atoms. The van der Waals surface area contributed by atoms with Crippen molar-refractivity contribution in [3.05, 3.63) is 29.8 Å². The lowest BCUT2D eigenvalue weighted by Crippen LogP contribution is -2.29. The average molecular weight is 235 g/mol. The minimum Gasteiger partial charge on any atom is -0.497 e. The molecule has 0 saturated carbocycles. The molecule has 0 fully saturated rings. The van der Waals surface area contributed by atoms with Gasteiger partial charge in [0.2, 0.25) is 0 Å². The predicted molar refractivity (Wildman–Crippen MR) is 73.4 cm³/mol. The molecule has 0 amide bonds. The maximum Gasteiger partial charge on any atom is 0.119 e. The van der Waals surface area contributed by atoms with Gasteiger partial charge in [-0.25, -0.2) is 0 Å². The summed E-state index contributed by atoms with van der Waals surface area (Å²) in [6.45, 7) is 9.99. The summed E-state index contributed by atoms with van der Waals surface area (Å²) in [4.78, 5) is 0. The van der Waals surface area contributed by atoms with E-state index in [2.05, 4.69) is 51.2 Å². The highest BCUT2D eigenvalue weighted by molar-refractivity contribution is 5.30. The summed E-state index contributed by atoms with van der Waals surface area (Å²) < 4.78 is 5.30. The van der Waals surface area contributed by atoms with E-state index >= 15 is 0 Å². The SMILES string of the molecule is CCNC(c1cccc(OC)c1)C(C)C(C)C. The predicted octanol–water partition coefficient (Wildman–Crippen LogP) is 3.64. The fraction of sp³-hybridized carbons (Fsp3) is 0.600. The monoisotopic (exact) mass is 235 g/mol. The molecule has 1 N–H and O–H groups in total. The topological polar surface area (TPSA) is 21.3 Å². The Balaban J connectivity index is 2.95. The van der Waals surface area contributed by atoms with Gasteiger partial charge in [0.1, 0.15) is 5.75 Å². The lowest BCUT2D eigenvalue weighted by atomic mass is 9.86. The second-order valence-corrected chi connectivity index (χ2v) is 4.92. The zero-order valence-corrected chi connectivity index (χ0v) is 11.7. The fourth-order valence-electron chi connectivity index (χ4n) is 2.05. The molecule has 0 aliphatic carbocycles. The number of hydrogen-bond acceptors (Lipinski definition) is 2. The minimum atomic E-state index is 0.398. The summed E-state index contributed by atoms with van der Waals surface area (Å²) in [5, 5.41) is 3.58. The van der Waals surface area contributed by atoms with Crippen LogP contribution in [0.15, 0.2) is 24.3 Å². The summed E-state index contributed by atoms with van der Waals surface area (Å²) in [5.41, 5.74) is 1.31. The van der Waals surface area contributed by atoms with Gasteiger partial charge in [-0.3, -0.25) is 0 Å². The number of ether oxygens (including phenoxy) is 1. The highest BCUT2D eigenvalue weighted by Gasteiger charge is 2.21. The van der Waals surface area contributed by atoms with Gasteiger partial charge in [-0.1, -0.05) is 39.8 Å². The van der Waals surface area contributed by atoms with Crippen molar-refractivity contribution in [2.45, 2.75) is 33.7 Å². The van der Waals surface area contributed by atoms with Crippen molar-refractivity contribution in [1.29, 1.82) is 0 Å². The van der Waals surface area contributed by atoms with Crippen LogP contribution in [0.5, 0.6) is 5.75 Å². The van der Waals surface area contributed by atoms with Crippen LogP contribution in [0.3, 0.4) is 0 Å². The van der Waals surface area contributed by atoms with E-state index in [4.69, 9.17) is 4.74 Å². The van der Waals surface area contributed by atoms with E-state index < -0.39 is 0 Å². The van der Waals surface area contributed by atoms with Gasteiger partial charge in [0.05, 0.1) is 7.11 Å². The van der Waals surface area contributed by atoms with E-state index in [1.165, 1.54) is 5.56 Å². The summed E-state index contributed by atoms with van der Waals surface area (Å²) >= 11 is 0. The van der Waals surface area contributed by atoms with Crippen molar-refractivity contribution in [2.75, 3.05) is 13.7 Å². The van der Waals surface area contributed by atoms with Crippen LogP contribution in [0, 0.1) is 11.8 Å². The highest BCUT2D eigenvalue weighted by atomic mass is 16.5. The number of benzene rings is 1. The van der Waals surface area contributed by atoms with Gasteiger partial charge < -0.3 is 10.1 Å². The number of methoxy groups -OCH3 is 1. The molecule has 1 rings (SSSR count). The zero-order chi connectivity index (χ0) is 12.8. The number of hydrogen-bond donors (Lipinski definition) is 1. The lowest BCUT2D eigenvalue weighted by molar-refractivity contribution is 0.306. The van der Waals surface area contributed by atoms with Crippen molar-refractivity contribution >= 4 is 0 Å². The van der Waals surface area contributed by atoms with Gasteiger partial charge in [-0.05, 0) is 36.1 Å². The minimum absolute atomic E-state index is 0.398. The smallest absolute Gasteiger partial charge is 0.119 e. The largest absolute Gasteiger partial charge is 0.497 e. The second kappa shape index (κ2) is 6.65. The first-order valence-electron chi connectivity index (χ1n) is 6.47. The van der Waals surface area contributed by atoms with E-state index in [9.17, 15) is 0 Å². The molecule has 0 aliphatic heterocycles. The summed E-state index contributed by atoms with van der Waals surface area (Å²) in [7, 11) is 1.72. The van der Waals surface area contributed by atoms with Crippen molar-refractivity contribution < 1.29 is 4.74 Å². The summed E-state index contributed by atoms with van der Waals surface area (Å²) in [6, 6.07) is 8.76. The Morgan fingerprint density at radius 3 is 2.47 bits per heavy atom. The van der Waals surface area contributed by atoms with Crippen molar-refractivity contribution in [3.63, 3.8) is 0 Å². The normalized spacial score (nSPS) is 14.7. The van der Waals surface area contributed by atoms with Crippen LogP contribution >= 0.6 is 0 Å². The molecule has 17 heavy (non-hydrogen) atoms. The molecule has 0 aliphatic rings. The van der Waals surface area contributed by atoms with Crippen LogP contribution in [-0.2, 0) is 0 Å². The Hall–Kier alpha value is -1.02. The van der Waals surface area contributed by atoms with Gasteiger partial charge in [0, 0.05) is 6.04 Å². The summed E-state index contributed by atoms with van der Waals surface area (Å²) in [6.07, 6.45) is 0. The third-order valence-corrected chi connectivity index (χ3v) is 3.45. The van der Waals surface area contributed by atoms with E-state index in [1.54, 1.807) is 7.11 Å². The molecule has 0 heterocycles. The van der Waals surface area contributed by atoms with Gasteiger partial charge in [-0.2, -0.15) is 0 Å². The van der Waals surface area contributed by atoms with E-state index in [0.29, 0.717) is 17.9 Å². The van der Waals surface area contributed by atoms with E-state index in [0.717, 1.165) is 12.3 Å². The van der Waals surface area contributed by atoms with E-state index in [1.807, 2.05) is 6.07 Å². The third kappa shape index (κ3) is 3.74. The fourth-order valence-corrected chi connectivity index (χ4v) is 2.05. The van der Waals surface area contributed by atoms with Crippen molar-refractivity contribution in [1.82, 2.24) is 5.32 Å². The molecule has 2 nitrogen and oxygen atoms in total. The van der Waals surface area contributed by atoms with Gasteiger partial charge in [0.25, 0.3) is 0 Å². The van der Waals surface area contributed by atoms with Gasteiger partial charge >= 0.3 is 0 Å².